The molecule has 1 fully saturated rings. The van der Waals surface area contributed by atoms with Crippen molar-refractivity contribution in [3.05, 3.63) is 71.4 Å². The van der Waals surface area contributed by atoms with E-state index in [-0.39, 0.29) is 17.2 Å². The van der Waals surface area contributed by atoms with Gasteiger partial charge in [0, 0.05) is 42.0 Å². The monoisotopic (exact) mass is 474 g/mol. The van der Waals surface area contributed by atoms with Crippen molar-refractivity contribution < 1.29 is 14.7 Å². The second-order valence-electron chi connectivity index (χ2n) is 10.8. The summed E-state index contributed by atoms with van der Waals surface area (Å²) in [7, 11) is 0. The maximum Gasteiger partial charge on any atom is 0.245 e. The number of aliphatic hydroxyl groups excluding tert-OH is 1. The first kappa shape index (κ1) is 23.6. The van der Waals surface area contributed by atoms with E-state index in [0.717, 1.165) is 41.3 Å². The van der Waals surface area contributed by atoms with Crippen LogP contribution in [0.5, 0.6) is 0 Å². The Labute approximate surface area is 205 Å². The van der Waals surface area contributed by atoms with Gasteiger partial charge in [0.15, 0.2) is 0 Å². The van der Waals surface area contributed by atoms with Crippen LogP contribution in [0, 0.1) is 5.41 Å². The van der Waals surface area contributed by atoms with Crippen LogP contribution in [-0.2, 0) is 22.4 Å². The van der Waals surface area contributed by atoms with E-state index >= 15 is 0 Å². The fourth-order valence-corrected chi connectivity index (χ4v) is 5.68. The van der Waals surface area contributed by atoms with Gasteiger partial charge in [-0.3, -0.25) is 9.59 Å². The molecule has 184 valence electrons. The first-order chi connectivity index (χ1) is 16.7. The summed E-state index contributed by atoms with van der Waals surface area (Å²) in [6.45, 7) is 4.38. The maximum absolute atomic E-state index is 13.7. The van der Waals surface area contributed by atoms with Gasteiger partial charge in [0.1, 0.15) is 6.04 Å². The molecule has 5 rings (SSSR count). The first-order valence-electron chi connectivity index (χ1n) is 12.4. The average Bonchev–Trinajstić information content (AvgIpc) is 3.37. The Hall–Kier alpha value is -3.16. The number of amides is 2. The Kier molecular flexibility index (Phi) is 5.93. The van der Waals surface area contributed by atoms with Crippen molar-refractivity contribution in [1.29, 1.82) is 0 Å². The lowest BCUT2D eigenvalue weighted by atomic mass is 9.74. The number of hydrogen-bond donors (Lipinski definition) is 4. The molecule has 3 aromatic rings. The van der Waals surface area contributed by atoms with Crippen LogP contribution in [0.25, 0.3) is 10.9 Å². The van der Waals surface area contributed by atoms with E-state index in [4.69, 9.17) is 5.73 Å². The quantitative estimate of drug-likeness (QED) is 0.456. The number of hydrogen-bond acceptors (Lipinski definition) is 4. The summed E-state index contributed by atoms with van der Waals surface area (Å²) in [5, 5.41) is 15.1. The summed E-state index contributed by atoms with van der Waals surface area (Å²) in [4.78, 5) is 31.6. The van der Waals surface area contributed by atoms with Gasteiger partial charge in [0.25, 0.3) is 0 Å². The minimum Gasteiger partial charge on any atom is -0.388 e. The number of nitrogens with zero attached hydrogens (tertiary/aromatic N) is 1. The van der Waals surface area contributed by atoms with E-state index in [9.17, 15) is 14.7 Å². The molecule has 1 spiro atoms. The van der Waals surface area contributed by atoms with Crippen molar-refractivity contribution in [1.82, 2.24) is 15.2 Å². The van der Waals surface area contributed by atoms with E-state index < -0.39 is 17.7 Å². The number of H-pyrrole nitrogens is 1. The molecule has 1 aromatic heterocycles. The van der Waals surface area contributed by atoms with Crippen LogP contribution in [0.1, 0.15) is 49.5 Å². The van der Waals surface area contributed by atoms with E-state index in [1.54, 1.807) is 13.8 Å². The highest BCUT2D eigenvalue weighted by Crippen LogP contribution is 2.51. The molecule has 0 radical (unpaired) electrons. The standard InChI is InChI=1S/C28H34N4O3/c1-27(2,29)26(35)31-23(15-19-17-30-22-10-6-5-8-20(19)22)25(34)32-13-11-28(12-14-32)16-18-7-3-4-9-21(18)24(28)33/h3-10,17,23-24,30,33H,11-16,29H2,1-2H3,(H,31,35)/t23-,24?/m1/s1. The summed E-state index contributed by atoms with van der Waals surface area (Å²) in [6, 6.07) is 15.3. The van der Waals surface area contributed by atoms with E-state index in [0.29, 0.717) is 19.5 Å². The van der Waals surface area contributed by atoms with Crippen LogP contribution < -0.4 is 11.1 Å². The number of carbonyl (C=O) groups excluding carboxylic acids is 2. The van der Waals surface area contributed by atoms with Gasteiger partial charge >= 0.3 is 0 Å². The van der Waals surface area contributed by atoms with Crippen molar-refractivity contribution in [3.8, 4) is 0 Å². The molecular formula is C28H34N4O3. The van der Waals surface area contributed by atoms with Gasteiger partial charge in [0.05, 0.1) is 11.6 Å². The molecule has 2 aliphatic rings. The number of aromatic amines is 1. The number of likely N-dealkylation sites (tertiary alicyclic amines) is 1. The third-order valence-corrected chi connectivity index (χ3v) is 7.83. The Bertz CT molecular complexity index is 1250. The lowest BCUT2D eigenvalue weighted by Gasteiger charge is -2.42. The largest absolute Gasteiger partial charge is 0.388 e. The zero-order chi connectivity index (χ0) is 24.8. The highest BCUT2D eigenvalue weighted by atomic mass is 16.3. The van der Waals surface area contributed by atoms with Gasteiger partial charge < -0.3 is 26.0 Å². The fourth-order valence-electron chi connectivity index (χ4n) is 5.68. The fraction of sp³-hybridized carbons (Fsp3) is 0.429. The van der Waals surface area contributed by atoms with Gasteiger partial charge in [0.2, 0.25) is 11.8 Å². The van der Waals surface area contributed by atoms with Gasteiger partial charge in [-0.05, 0) is 55.9 Å². The molecule has 35 heavy (non-hydrogen) atoms. The molecule has 1 saturated heterocycles. The molecule has 2 heterocycles. The second kappa shape index (κ2) is 8.81. The molecular weight excluding hydrogens is 440 g/mol. The summed E-state index contributed by atoms with van der Waals surface area (Å²) in [5.41, 5.74) is 8.90. The highest BCUT2D eigenvalue weighted by molar-refractivity contribution is 5.92. The predicted molar refractivity (Wildman–Crippen MR) is 136 cm³/mol. The molecule has 2 atom stereocenters. The number of fused-ring (bicyclic) bond motifs is 2. The molecule has 0 bridgehead atoms. The lowest BCUT2D eigenvalue weighted by molar-refractivity contribution is -0.140. The van der Waals surface area contributed by atoms with Gasteiger partial charge in [-0.15, -0.1) is 0 Å². The van der Waals surface area contributed by atoms with E-state index in [1.165, 1.54) is 5.56 Å². The second-order valence-corrected chi connectivity index (χ2v) is 10.8. The number of nitrogens with one attached hydrogen (secondary N) is 2. The topological polar surface area (TPSA) is 111 Å². The van der Waals surface area contributed by atoms with Crippen LogP contribution in [-0.4, -0.2) is 51.5 Å². The number of benzene rings is 2. The van der Waals surface area contributed by atoms with Crippen LogP contribution in [0.2, 0.25) is 0 Å². The predicted octanol–water partition coefficient (Wildman–Crippen LogP) is 2.83. The Balaban J connectivity index is 1.34. The highest BCUT2D eigenvalue weighted by Gasteiger charge is 2.47. The number of aromatic nitrogens is 1. The van der Waals surface area contributed by atoms with Gasteiger partial charge in [-0.1, -0.05) is 42.5 Å². The Morgan fingerprint density at radius 2 is 1.86 bits per heavy atom. The molecule has 1 unspecified atom stereocenters. The third kappa shape index (κ3) is 4.34. The van der Waals surface area contributed by atoms with Crippen molar-refractivity contribution >= 4 is 22.7 Å². The molecule has 1 aliphatic carbocycles. The number of rotatable bonds is 5. The Morgan fingerprint density at radius 3 is 2.57 bits per heavy atom. The van der Waals surface area contributed by atoms with Crippen LogP contribution in [0.4, 0.5) is 0 Å². The zero-order valence-corrected chi connectivity index (χ0v) is 20.4. The third-order valence-electron chi connectivity index (χ3n) is 7.83. The van der Waals surface area contributed by atoms with Crippen LogP contribution >= 0.6 is 0 Å². The molecule has 0 saturated carbocycles. The zero-order valence-electron chi connectivity index (χ0n) is 20.4. The van der Waals surface area contributed by atoms with Crippen LogP contribution in [0.3, 0.4) is 0 Å². The lowest BCUT2D eigenvalue weighted by Crippen LogP contribution is -2.58. The maximum atomic E-state index is 13.7. The number of para-hydroxylation sites is 1. The summed E-state index contributed by atoms with van der Waals surface area (Å²) in [6.07, 6.45) is 4.07. The minimum absolute atomic E-state index is 0.104. The molecule has 2 aromatic carbocycles. The van der Waals surface area contributed by atoms with Gasteiger partial charge in [-0.25, -0.2) is 0 Å². The molecule has 7 heteroatoms. The van der Waals surface area contributed by atoms with Crippen LogP contribution in [0.15, 0.2) is 54.7 Å². The summed E-state index contributed by atoms with van der Waals surface area (Å²) < 4.78 is 0. The average molecular weight is 475 g/mol. The van der Waals surface area contributed by atoms with E-state index in [1.807, 2.05) is 53.6 Å². The number of nitrogens with two attached hydrogens (primary N) is 1. The van der Waals surface area contributed by atoms with Crippen molar-refractivity contribution in [2.75, 3.05) is 13.1 Å². The molecule has 1 aliphatic heterocycles. The molecule has 2 amide bonds. The first-order valence-corrected chi connectivity index (χ1v) is 12.4. The van der Waals surface area contributed by atoms with Gasteiger partial charge in [-0.2, -0.15) is 0 Å². The number of piperidine rings is 1. The van der Waals surface area contributed by atoms with Crippen molar-refractivity contribution in [2.45, 2.75) is 57.2 Å². The van der Waals surface area contributed by atoms with Crippen molar-refractivity contribution in [3.63, 3.8) is 0 Å². The minimum atomic E-state index is -1.09. The normalized spacial score (nSPS) is 20.1. The number of aliphatic hydroxyl groups is 1. The van der Waals surface area contributed by atoms with E-state index in [2.05, 4.69) is 16.4 Å². The summed E-state index contributed by atoms with van der Waals surface area (Å²) in [5.74, 6) is -0.460. The molecule has 5 N–H and O–H groups in total. The molecule has 7 nitrogen and oxygen atoms in total. The SMILES string of the molecule is CC(C)(N)C(=O)N[C@H](Cc1c[nH]c2ccccc12)C(=O)N1CCC2(CC1)Cc1ccccc1C2O. The summed E-state index contributed by atoms with van der Waals surface area (Å²) >= 11 is 0. The smallest absolute Gasteiger partial charge is 0.245 e. The number of carbonyl (C=O) groups is 2. The Morgan fingerprint density at radius 1 is 1.17 bits per heavy atom. The van der Waals surface area contributed by atoms with Crippen molar-refractivity contribution in [2.24, 2.45) is 11.1 Å².